The molecule has 0 radical (unpaired) electrons. The minimum Gasteiger partial charge on any atom is -0.462 e. The van der Waals surface area contributed by atoms with Gasteiger partial charge in [-0.25, -0.2) is 4.57 Å². The van der Waals surface area contributed by atoms with Gasteiger partial charge in [-0.2, -0.15) is 0 Å². The Morgan fingerprint density at radius 2 is 1.04 bits per heavy atom. The summed E-state index contributed by atoms with van der Waals surface area (Å²) in [7, 11) is -4.76. The van der Waals surface area contributed by atoms with Gasteiger partial charge in [-0.1, -0.05) is 133 Å². The molecule has 0 heterocycles. The van der Waals surface area contributed by atoms with Crippen LogP contribution in [0.3, 0.4) is 0 Å². The van der Waals surface area contributed by atoms with Gasteiger partial charge in [0.15, 0.2) is 6.10 Å². The third-order valence-corrected chi connectivity index (χ3v) is 8.14. The Labute approximate surface area is 291 Å². The van der Waals surface area contributed by atoms with Gasteiger partial charge in [-0.15, -0.1) is 0 Å². The van der Waals surface area contributed by atoms with Crippen LogP contribution in [0.15, 0.2) is 48.6 Å². The third-order valence-electron chi connectivity index (χ3n) is 7.66. The van der Waals surface area contributed by atoms with E-state index in [1.54, 1.807) is 0 Å². The van der Waals surface area contributed by atoms with Crippen molar-refractivity contribution in [2.45, 2.75) is 161 Å². The number of ether oxygens (including phenoxy) is 2. The average molecular weight is 699 g/mol. The molecular formula is C38H67O9P. The highest BCUT2D eigenvalue weighted by Crippen LogP contribution is 2.36. The summed E-state index contributed by atoms with van der Waals surface area (Å²) in [4.78, 5) is 42.6. The van der Waals surface area contributed by atoms with E-state index in [4.69, 9.17) is 24.4 Å². The fraction of sp³-hybridized carbons (Fsp3) is 0.737. The van der Waals surface area contributed by atoms with Crippen molar-refractivity contribution in [1.82, 2.24) is 0 Å². The van der Waals surface area contributed by atoms with Gasteiger partial charge < -0.3 is 24.4 Å². The summed E-state index contributed by atoms with van der Waals surface area (Å²) in [5.41, 5.74) is 0. The van der Waals surface area contributed by atoms with Gasteiger partial charge in [-0.3, -0.25) is 14.1 Å². The van der Waals surface area contributed by atoms with Crippen molar-refractivity contribution in [3.63, 3.8) is 0 Å². The summed E-state index contributed by atoms with van der Waals surface area (Å²) in [6.45, 7) is 1.63. The van der Waals surface area contributed by atoms with Gasteiger partial charge in [0.05, 0.1) is 6.61 Å². The first kappa shape index (κ1) is 46.0. The predicted octanol–water partition coefficient (Wildman–Crippen LogP) is 9.76. The maximum absolute atomic E-state index is 12.3. The standard InChI is InChI=1S/C38H67O9P/c1-2-3-4-5-6-7-8-16-20-23-26-29-32-38(41)47-36(35-46-48(42,43)44)34-45-37(40)31-28-25-22-19-17-14-12-10-9-11-13-15-18-21-24-27-30-33-39/h9,11-12,14-15,18-19,22,36,39H,2-8,10,13,16-17,20-21,23-35H2,1H3,(H2,42,43,44)/b11-9-,14-12-,18-15-,22-19-/t36-/m1/s1. The highest BCUT2D eigenvalue weighted by Gasteiger charge is 2.22. The van der Waals surface area contributed by atoms with Crippen molar-refractivity contribution in [3.05, 3.63) is 48.6 Å². The Hall–Kier alpha value is -2.03. The number of carbonyl (C=O) groups is 2. The summed E-state index contributed by atoms with van der Waals surface area (Å²) in [5.74, 6) is -0.966. The van der Waals surface area contributed by atoms with E-state index in [9.17, 15) is 14.2 Å². The van der Waals surface area contributed by atoms with E-state index in [0.717, 1.165) is 64.2 Å². The monoisotopic (exact) mass is 698 g/mol. The number of phosphoric acid groups is 1. The molecule has 278 valence electrons. The zero-order chi connectivity index (χ0) is 35.4. The predicted molar refractivity (Wildman–Crippen MR) is 194 cm³/mol. The maximum atomic E-state index is 12.3. The highest BCUT2D eigenvalue weighted by atomic mass is 31.2. The van der Waals surface area contributed by atoms with E-state index in [1.807, 2.05) is 6.08 Å². The Bertz CT molecular complexity index is 923. The number of carbonyl (C=O) groups excluding carboxylic acids is 2. The number of unbranched alkanes of at least 4 members (excludes halogenated alkanes) is 15. The molecule has 0 aromatic rings. The minimum absolute atomic E-state index is 0.182. The summed E-state index contributed by atoms with van der Waals surface area (Å²) in [6.07, 6.45) is 38.5. The molecule has 0 saturated heterocycles. The molecule has 48 heavy (non-hydrogen) atoms. The molecule has 3 N–H and O–H groups in total. The number of phosphoric ester groups is 1. The smallest absolute Gasteiger partial charge is 0.462 e. The van der Waals surface area contributed by atoms with Gasteiger partial charge >= 0.3 is 19.8 Å². The number of hydrogen-bond donors (Lipinski definition) is 3. The van der Waals surface area contributed by atoms with Crippen molar-refractivity contribution >= 4 is 19.8 Å². The third kappa shape index (κ3) is 36.8. The van der Waals surface area contributed by atoms with Crippen LogP contribution in [-0.2, 0) is 28.2 Å². The van der Waals surface area contributed by atoms with Gasteiger partial charge in [0.2, 0.25) is 0 Å². The van der Waals surface area contributed by atoms with Gasteiger partial charge in [0, 0.05) is 19.4 Å². The van der Waals surface area contributed by atoms with Crippen molar-refractivity contribution in [2.75, 3.05) is 19.8 Å². The van der Waals surface area contributed by atoms with Crippen LogP contribution < -0.4 is 0 Å². The zero-order valence-electron chi connectivity index (χ0n) is 29.8. The summed E-state index contributed by atoms with van der Waals surface area (Å²) in [5, 5.41) is 8.76. The first-order chi connectivity index (χ1) is 23.3. The molecule has 0 bridgehead atoms. The van der Waals surface area contributed by atoms with E-state index >= 15 is 0 Å². The largest absolute Gasteiger partial charge is 0.469 e. The van der Waals surface area contributed by atoms with Crippen LogP contribution in [0.4, 0.5) is 0 Å². The lowest BCUT2D eigenvalue weighted by atomic mass is 10.0. The molecule has 0 rings (SSSR count). The second-order valence-corrected chi connectivity index (χ2v) is 13.5. The minimum atomic E-state index is -4.76. The first-order valence-electron chi connectivity index (χ1n) is 18.5. The number of esters is 2. The Balaban J connectivity index is 4.07. The second kappa shape index (κ2) is 34.8. The number of aliphatic hydroxyl groups is 1. The van der Waals surface area contributed by atoms with Crippen LogP contribution in [0.5, 0.6) is 0 Å². The maximum Gasteiger partial charge on any atom is 0.469 e. The molecule has 10 heteroatoms. The van der Waals surface area contributed by atoms with E-state index in [2.05, 4.69) is 54.0 Å². The fourth-order valence-electron chi connectivity index (χ4n) is 4.87. The van der Waals surface area contributed by atoms with Crippen molar-refractivity contribution in [3.8, 4) is 0 Å². The molecule has 9 nitrogen and oxygen atoms in total. The molecule has 0 saturated carbocycles. The lowest BCUT2D eigenvalue weighted by Crippen LogP contribution is -2.29. The van der Waals surface area contributed by atoms with Crippen molar-refractivity contribution < 1.29 is 43.0 Å². The van der Waals surface area contributed by atoms with E-state index < -0.39 is 32.5 Å². The van der Waals surface area contributed by atoms with Crippen LogP contribution in [0.25, 0.3) is 0 Å². The number of rotatable bonds is 34. The molecule has 0 unspecified atom stereocenters. The van der Waals surface area contributed by atoms with Gasteiger partial charge in [0.1, 0.15) is 6.61 Å². The summed E-state index contributed by atoms with van der Waals surface area (Å²) >= 11 is 0. The Morgan fingerprint density at radius 3 is 1.56 bits per heavy atom. The molecule has 0 amide bonds. The number of hydrogen-bond acceptors (Lipinski definition) is 7. The second-order valence-electron chi connectivity index (χ2n) is 12.3. The SMILES string of the molecule is CCCCCCCCCCCCCCC(=O)O[C@H](COC(=O)CCC/C=C\C/C=C\C/C=C\C/C=C\CCCCCO)COP(=O)(O)O. The zero-order valence-corrected chi connectivity index (χ0v) is 30.7. The summed E-state index contributed by atoms with van der Waals surface area (Å²) < 4.78 is 26.2. The number of aliphatic hydroxyl groups excluding tert-OH is 1. The van der Waals surface area contributed by atoms with E-state index in [1.165, 1.54) is 51.4 Å². The average Bonchev–Trinajstić information content (AvgIpc) is 3.05. The van der Waals surface area contributed by atoms with E-state index in [-0.39, 0.29) is 26.1 Å². The van der Waals surface area contributed by atoms with Crippen LogP contribution >= 0.6 is 7.82 Å². The summed E-state index contributed by atoms with van der Waals surface area (Å²) in [6, 6.07) is 0. The number of allylic oxidation sites excluding steroid dienone is 8. The lowest BCUT2D eigenvalue weighted by Gasteiger charge is -2.18. The van der Waals surface area contributed by atoms with Crippen LogP contribution in [0.1, 0.15) is 155 Å². The Morgan fingerprint density at radius 1 is 0.583 bits per heavy atom. The molecule has 0 fully saturated rings. The van der Waals surface area contributed by atoms with Crippen LogP contribution in [0, 0.1) is 0 Å². The highest BCUT2D eigenvalue weighted by molar-refractivity contribution is 7.46. The van der Waals surface area contributed by atoms with E-state index in [0.29, 0.717) is 19.3 Å². The molecule has 0 aromatic heterocycles. The molecule has 0 aliphatic heterocycles. The van der Waals surface area contributed by atoms with Crippen molar-refractivity contribution in [1.29, 1.82) is 0 Å². The molecule has 1 atom stereocenters. The van der Waals surface area contributed by atoms with Crippen LogP contribution in [-0.4, -0.2) is 52.8 Å². The molecule has 0 aromatic carbocycles. The topological polar surface area (TPSA) is 140 Å². The van der Waals surface area contributed by atoms with Crippen molar-refractivity contribution in [2.24, 2.45) is 0 Å². The fourth-order valence-corrected chi connectivity index (χ4v) is 5.23. The van der Waals surface area contributed by atoms with Crippen LogP contribution in [0.2, 0.25) is 0 Å². The van der Waals surface area contributed by atoms with Gasteiger partial charge in [0.25, 0.3) is 0 Å². The molecule has 0 aliphatic carbocycles. The Kier molecular flexibility index (Phi) is 33.3. The van der Waals surface area contributed by atoms with Gasteiger partial charge in [-0.05, 0) is 57.8 Å². The molecule has 0 aliphatic rings. The normalized spacial score (nSPS) is 13.0. The molecular weight excluding hydrogens is 631 g/mol. The quantitative estimate of drug-likeness (QED) is 0.0259. The lowest BCUT2D eigenvalue weighted by molar-refractivity contribution is -0.161. The molecule has 0 spiro atoms. The first-order valence-corrected chi connectivity index (χ1v) is 20.1.